The van der Waals surface area contributed by atoms with Crippen molar-refractivity contribution in [1.29, 1.82) is 0 Å². The van der Waals surface area contributed by atoms with E-state index in [2.05, 4.69) is 10.8 Å². The van der Waals surface area contributed by atoms with E-state index in [1.807, 2.05) is 0 Å². The molecule has 0 spiro atoms. The van der Waals surface area contributed by atoms with Gasteiger partial charge in [-0.2, -0.15) is 5.48 Å². The van der Waals surface area contributed by atoms with E-state index >= 15 is 0 Å². The molecule has 3 rings (SSSR count). The van der Waals surface area contributed by atoms with Gasteiger partial charge in [0.1, 0.15) is 11.6 Å². The molecule has 1 aliphatic carbocycles. The van der Waals surface area contributed by atoms with Crippen LogP contribution in [-0.4, -0.2) is 27.0 Å². The summed E-state index contributed by atoms with van der Waals surface area (Å²) in [5, 5.41) is 23.6. The lowest BCUT2D eigenvalue weighted by Gasteiger charge is -2.25. The first-order chi connectivity index (χ1) is 13.6. The maximum absolute atomic E-state index is 14.4. The molecule has 0 bridgehead atoms. The Morgan fingerprint density at radius 1 is 1.31 bits per heavy atom. The average Bonchev–Trinajstić information content (AvgIpc) is 3.10. The predicted octanol–water partition coefficient (Wildman–Crippen LogP) is 2.35. The van der Waals surface area contributed by atoms with Crippen LogP contribution in [0.1, 0.15) is 48.8 Å². The fourth-order valence-electron chi connectivity index (χ4n) is 3.56. The van der Waals surface area contributed by atoms with E-state index in [1.165, 1.54) is 10.6 Å². The second kappa shape index (κ2) is 8.23. The SMILES string of the molecule is Cc1ccc(Nc2c(C(O)NOCC(C)(C)O)c3c(c(=O)n2C)CCC3)c(F)c1. The monoisotopic (exact) mass is 405 g/mol. The van der Waals surface area contributed by atoms with E-state index < -0.39 is 17.6 Å². The third kappa shape index (κ3) is 4.67. The van der Waals surface area contributed by atoms with Gasteiger partial charge in [0, 0.05) is 18.2 Å². The van der Waals surface area contributed by atoms with Crippen LogP contribution in [-0.2, 0) is 24.7 Å². The van der Waals surface area contributed by atoms with Crippen LogP contribution < -0.4 is 16.4 Å². The molecule has 0 saturated heterocycles. The van der Waals surface area contributed by atoms with Crippen LogP contribution >= 0.6 is 0 Å². The largest absolute Gasteiger partial charge is 0.388 e. The van der Waals surface area contributed by atoms with E-state index in [9.17, 15) is 19.4 Å². The molecule has 158 valence electrons. The zero-order valence-corrected chi connectivity index (χ0v) is 17.2. The van der Waals surface area contributed by atoms with E-state index in [0.717, 1.165) is 17.5 Å². The van der Waals surface area contributed by atoms with Gasteiger partial charge in [-0.15, -0.1) is 0 Å². The van der Waals surface area contributed by atoms with Crippen LogP contribution in [0.15, 0.2) is 23.0 Å². The van der Waals surface area contributed by atoms with Gasteiger partial charge >= 0.3 is 0 Å². The number of rotatable bonds is 7. The van der Waals surface area contributed by atoms with Crippen molar-refractivity contribution in [3.8, 4) is 0 Å². The highest BCUT2D eigenvalue weighted by Crippen LogP contribution is 2.33. The molecule has 1 heterocycles. The van der Waals surface area contributed by atoms with Gasteiger partial charge in [-0.05, 0) is 63.3 Å². The van der Waals surface area contributed by atoms with Crippen molar-refractivity contribution in [1.82, 2.24) is 10.0 Å². The second-order valence-corrected chi connectivity index (χ2v) is 8.17. The van der Waals surface area contributed by atoms with Crippen molar-refractivity contribution in [2.75, 3.05) is 11.9 Å². The number of aliphatic hydroxyl groups is 2. The molecule has 29 heavy (non-hydrogen) atoms. The number of aromatic nitrogens is 1. The number of nitrogens with one attached hydrogen (secondary N) is 2. The molecular formula is C21H28FN3O4. The van der Waals surface area contributed by atoms with Crippen molar-refractivity contribution in [2.24, 2.45) is 7.05 Å². The fourth-order valence-corrected chi connectivity index (χ4v) is 3.56. The lowest BCUT2D eigenvalue weighted by Crippen LogP contribution is -2.34. The van der Waals surface area contributed by atoms with Gasteiger partial charge in [0.05, 0.1) is 17.9 Å². The van der Waals surface area contributed by atoms with Crippen molar-refractivity contribution in [3.63, 3.8) is 0 Å². The Hall–Kier alpha value is -2.26. The highest BCUT2D eigenvalue weighted by Gasteiger charge is 2.28. The molecule has 0 saturated carbocycles. The maximum atomic E-state index is 14.4. The minimum atomic E-state index is -1.27. The van der Waals surface area contributed by atoms with Gasteiger partial charge in [0.15, 0.2) is 6.23 Å². The van der Waals surface area contributed by atoms with Gasteiger partial charge < -0.3 is 15.5 Å². The third-order valence-electron chi connectivity index (χ3n) is 4.97. The first kappa shape index (κ1) is 21.4. The second-order valence-electron chi connectivity index (χ2n) is 8.17. The zero-order chi connectivity index (χ0) is 21.3. The number of hydrogen-bond donors (Lipinski definition) is 4. The highest BCUT2D eigenvalue weighted by atomic mass is 19.1. The van der Waals surface area contributed by atoms with Crippen LogP contribution in [0.25, 0.3) is 0 Å². The summed E-state index contributed by atoms with van der Waals surface area (Å²) in [4.78, 5) is 18.0. The molecule has 0 radical (unpaired) electrons. The van der Waals surface area contributed by atoms with Crippen LogP contribution in [0.4, 0.5) is 15.9 Å². The molecular weight excluding hydrogens is 377 g/mol. The summed E-state index contributed by atoms with van der Waals surface area (Å²) in [7, 11) is 1.59. The quantitative estimate of drug-likeness (QED) is 0.417. The standard InChI is InChI=1S/C21H28FN3O4/c1-12-8-9-16(15(22)10-12)23-18-17(19(26)24-29-11-21(2,3)28)13-6-5-7-14(13)20(27)25(18)4/h8-10,19,23-24,26,28H,5-7,11H2,1-4H3. The summed E-state index contributed by atoms with van der Waals surface area (Å²) in [6, 6.07) is 4.75. The number of benzene rings is 1. The molecule has 4 N–H and O–H groups in total. The Bertz CT molecular complexity index is 966. The number of aryl methyl sites for hydroxylation is 1. The van der Waals surface area contributed by atoms with Crippen LogP contribution in [0.3, 0.4) is 0 Å². The molecule has 1 atom stereocenters. The highest BCUT2D eigenvalue weighted by molar-refractivity contribution is 5.64. The molecule has 1 aliphatic rings. The summed E-state index contributed by atoms with van der Waals surface area (Å²) in [6.07, 6.45) is 0.797. The number of halogens is 1. The minimum absolute atomic E-state index is 0.0482. The fraction of sp³-hybridized carbons (Fsp3) is 0.476. The van der Waals surface area contributed by atoms with Crippen LogP contribution in [0.2, 0.25) is 0 Å². The van der Waals surface area contributed by atoms with E-state index in [0.29, 0.717) is 29.8 Å². The van der Waals surface area contributed by atoms with E-state index in [-0.39, 0.29) is 17.9 Å². The molecule has 1 unspecified atom stereocenters. The topological polar surface area (TPSA) is 95.8 Å². The first-order valence-electron chi connectivity index (χ1n) is 9.64. The number of aliphatic hydroxyl groups excluding tert-OH is 1. The zero-order valence-electron chi connectivity index (χ0n) is 17.2. The number of anilines is 2. The molecule has 2 aromatic rings. The van der Waals surface area contributed by atoms with E-state index in [4.69, 9.17) is 4.84 Å². The lowest BCUT2D eigenvalue weighted by atomic mass is 10.0. The van der Waals surface area contributed by atoms with Crippen LogP contribution in [0.5, 0.6) is 0 Å². The Kier molecular flexibility index (Phi) is 6.09. The molecule has 0 amide bonds. The van der Waals surface area contributed by atoms with E-state index in [1.54, 1.807) is 40.0 Å². The van der Waals surface area contributed by atoms with Crippen LogP contribution in [0, 0.1) is 12.7 Å². The summed E-state index contributed by atoms with van der Waals surface area (Å²) in [5.41, 5.74) is 4.10. The van der Waals surface area contributed by atoms with Gasteiger partial charge in [0.2, 0.25) is 0 Å². The number of hydrogen-bond acceptors (Lipinski definition) is 6. The third-order valence-corrected chi connectivity index (χ3v) is 4.97. The van der Waals surface area contributed by atoms with Gasteiger partial charge in [-0.1, -0.05) is 6.07 Å². The molecule has 7 nitrogen and oxygen atoms in total. The number of hydroxylamine groups is 1. The minimum Gasteiger partial charge on any atom is -0.388 e. The summed E-state index contributed by atoms with van der Waals surface area (Å²) in [5.74, 6) is -0.158. The molecule has 0 fully saturated rings. The van der Waals surface area contributed by atoms with Gasteiger partial charge in [0.25, 0.3) is 5.56 Å². The lowest BCUT2D eigenvalue weighted by molar-refractivity contribution is -0.109. The Balaban J connectivity index is 2.02. The summed E-state index contributed by atoms with van der Waals surface area (Å²) < 4.78 is 15.8. The Morgan fingerprint density at radius 2 is 2.00 bits per heavy atom. The predicted molar refractivity (Wildman–Crippen MR) is 108 cm³/mol. The van der Waals surface area contributed by atoms with Gasteiger partial charge in [-0.3, -0.25) is 14.2 Å². The van der Waals surface area contributed by atoms with Crippen molar-refractivity contribution in [2.45, 2.75) is 51.9 Å². The number of fused-ring (bicyclic) bond motifs is 1. The van der Waals surface area contributed by atoms with Crippen molar-refractivity contribution in [3.05, 3.63) is 56.6 Å². The molecule has 0 aliphatic heterocycles. The first-order valence-corrected chi connectivity index (χ1v) is 9.64. The molecule has 1 aromatic heterocycles. The molecule has 8 heteroatoms. The normalized spacial score (nSPS) is 14.7. The maximum Gasteiger partial charge on any atom is 0.255 e. The number of pyridine rings is 1. The van der Waals surface area contributed by atoms with Crippen molar-refractivity contribution < 1.29 is 19.4 Å². The average molecular weight is 405 g/mol. The molecule has 1 aromatic carbocycles. The number of nitrogens with zero attached hydrogens (tertiary/aromatic N) is 1. The van der Waals surface area contributed by atoms with Gasteiger partial charge in [-0.25, -0.2) is 4.39 Å². The summed E-state index contributed by atoms with van der Waals surface area (Å²) >= 11 is 0. The van der Waals surface area contributed by atoms with Crippen molar-refractivity contribution >= 4 is 11.5 Å². The Labute approximate surface area is 169 Å². The summed E-state index contributed by atoms with van der Waals surface area (Å²) in [6.45, 7) is 4.90. The Morgan fingerprint density at radius 3 is 2.66 bits per heavy atom. The smallest absolute Gasteiger partial charge is 0.255 e.